The van der Waals surface area contributed by atoms with Gasteiger partial charge in [-0.2, -0.15) is 0 Å². The second-order valence-corrected chi connectivity index (χ2v) is 7.98. The van der Waals surface area contributed by atoms with Crippen LogP contribution in [0.5, 0.6) is 0 Å². The molecule has 0 saturated heterocycles. The maximum absolute atomic E-state index is 12.9. The van der Waals surface area contributed by atoms with Crippen LogP contribution in [0.15, 0.2) is 46.9 Å². The van der Waals surface area contributed by atoms with Gasteiger partial charge in [-0.25, -0.2) is 5.01 Å². The Labute approximate surface area is 169 Å². The van der Waals surface area contributed by atoms with Crippen LogP contribution in [0.25, 0.3) is 0 Å². The molecule has 0 aromatic heterocycles. The number of amides is 2. The summed E-state index contributed by atoms with van der Waals surface area (Å²) in [6.45, 7) is 5.20. The molecule has 7 nitrogen and oxygen atoms in total. The average molecular weight is 455 g/mol. The Morgan fingerprint density at radius 3 is 2.37 bits per heavy atom. The molecule has 0 bridgehead atoms. The largest absolute Gasteiger partial charge is 0.300 e. The van der Waals surface area contributed by atoms with Crippen molar-refractivity contribution >= 4 is 45.0 Å². The maximum atomic E-state index is 12.9. The van der Waals surface area contributed by atoms with Gasteiger partial charge >= 0.3 is 5.69 Å². The van der Waals surface area contributed by atoms with E-state index in [1.165, 1.54) is 18.2 Å². The smallest absolute Gasteiger partial charge is 0.267 e. The zero-order valence-electron chi connectivity index (χ0n) is 14.8. The van der Waals surface area contributed by atoms with Crippen LogP contribution in [0.3, 0.4) is 0 Å². The van der Waals surface area contributed by atoms with E-state index in [1.807, 2.05) is 0 Å². The normalized spacial score (nSPS) is 11.0. The van der Waals surface area contributed by atoms with Crippen molar-refractivity contribution in [2.45, 2.75) is 26.3 Å². The van der Waals surface area contributed by atoms with Crippen molar-refractivity contribution in [1.29, 1.82) is 0 Å². The van der Waals surface area contributed by atoms with Crippen molar-refractivity contribution in [1.82, 2.24) is 10.4 Å². The first-order valence-corrected chi connectivity index (χ1v) is 9.03. The maximum Gasteiger partial charge on any atom is 0.300 e. The van der Waals surface area contributed by atoms with Gasteiger partial charge in [-0.15, -0.1) is 0 Å². The van der Waals surface area contributed by atoms with Gasteiger partial charge in [0.1, 0.15) is 10.6 Å². The van der Waals surface area contributed by atoms with Gasteiger partial charge in [-0.1, -0.05) is 39.7 Å². The van der Waals surface area contributed by atoms with E-state index in [1.54, 1.807) is 45.0 Å². The number of nitrogens with one attached hydrogen (secondary N) is 1. The summed E-state index contributed by atoms with van der Waals surface area (Å²) in [5, 5.41) is 12.3. The molecule has 2 aromatic rings. The number of benzene rings is 2. The SMILES string of the molecule is CC(C)(C)N(NC(=O)c1cccc(Cl)c1[N+](=O)[O-])C(=O)c1cccc(Br)c1. The van der Waals surface area contributed by atoms with Gasteiger partial charge in [0, 0.05) is 10.0 Å². The molecule has 0 aliphatic rings. The van der Waals surface area contributed by atoms with Crippen LogP contribution >= 0.6 is 27.5 Å². The van der Waals surface area contributed by atoms with E-state index in [2.05, 4.69) is 21.4 Å². The number of nitro benzene ring substituents is 1. The molecule has 0 atom stereocenters. The van der Waals surface area contributed by atoms with Crippen molar-refractivity contribution in [3.8, 4) is 0 Å². The molecule has 0 unspecified atom stereocenters. The first-order chi connectivity index (χ1) is 12.5. The predicted octanol–water partition coefficient (Wildman–Crippen LogP) is 4.60. The summed E-state index contributed by atoms with van der Waals surface area (Å²) in [6.07, 6.45) is 0. The molecule has 9 heteroatoms. The van der Waals surface area contributed by atoms with Gasteiger partial charge in [-0.3, -0.25) is 25.1 Å². The summed E-state index contributed by atoms with van der Waals surface area (Å²) in [7, 11) is 0. The van der Waals surface area contributed by atoms with Crippen molar-refractivity contribution in [2.75, 3.05) is 0 Å². The molecule has 0 spiro atoms. The molecule has 1 N–H and O–H groups in total. The fraction of sp³-hybridized carbons (Fsp3) is 0.222. The topological polar surface area (TPSA) is 92.6 Å². The van der Waals surface area contributed by atoms with E-state index in [0.717, 1.165) is 5.01 Å². The highest BCUT2D eigenvalue weighted by atomic mass is 79.9. The van der Waals surface area contributed by atoms with E-state index in [-0.39, 0.29) is 10.6 Å². The molecule has 0 heterocycles. The number of halogens is 2. The first kappa shape index (κ1) is 20.9. The van der Waals surface area contributed by atoms with E-state index in [4.69, 9.17) is 11.6 Å². The zero-order valence-corrected chi connectivity index (χ0v) is 17.2. The molecule has 142 valence electrons. The van der Waals surface area contributed by atoms with Crippen LogP contribution in [0, 0.1) is 10.1 Å². The van der Waals surface area contributed by atoms with Crippen LogP contribution in [-0.2, 0) is 0 Å². The number of nitrogens with zero attached hydrogens (tertiary/aromatic N) is 2. The molecule has 2 aromatic carbocycles. The Kier molecular flexibility index (Phi) is 6.22. The van der Waals surface area contributed by atoms with Crippen molar-refractivity contribution in [2.24, 2.45) is 0 Å². The van der Waals surface area contributed by atoms with Crippen LogP contribution in [0.1, 0.15) is 41.5 Å². The Bertz CT molecular complexity index is 912. The number of hydrazine groups is 1. The fourth-order valence-electron chi connectivity index (χ4n) is 2.32. The van der Waals surface area contributed by atoms with Gasteiger partial charge in [0.2, 0.25) is 0 Å². The average Bonchev–Trinajstić information content (AvgIpc) is 2.57. The zero-order chi connectivity index (χ0) is 20.4. The van der Waals surface area contributed by atoms with Crippen molar-refractivity contribution < 1.29 is 14.5 Å². The van der Waals surface area contributed by atoms with Crippen LogP contribution < -0.4 is 5.43 Å². The molecule has 0 saturated carbocycles. The van der Waals surface area contributed by atoms with Gasteiger partial charge in [0.05, 0.1) is 10.5 Å². The molecule has 2 rings (SSSR count). The highest BCUT2D eigenvalue weighted by Gasteiger charge is 2.32. The summed E-state index contributed by atoms with van der Waals surface area (Å²) in [5.74, 6) is -1.26. The highest BCUT2D eigenvalue weighted by molar-refractivity contribution is 9.10. The minimum Gasteiger partial charge on any atom is -0.267 e. The molecule has 27 heavy (non-hydrogen) atoms. The summed E-state index contributed by atoms with van der Waals surface area (Å²) in [6, 6.07) is 10.7. The van der Waals surface area contributed by atoms with E-state index in [9.17, 15) is 19.7 Å². The first-order valence-electron chi connectivity index (χ1n) is 7.86. The number of hydrogen-bond donors (Lipinski definition) is 1. The molecular formula is C18H17BrClN3O4. The second-order valence-electron chi connectivity index (χ2n) is 6.66. The second kappa shape index (κ2) is 8.06. The minimum atomic E-state index is -0.803. The van der Waals surface area contributed by atoms with Gasteiger partial charge in [0.15, 0.2) is 0 Å². The Hall–Kier alpha value is -2.45. The standard InChI is InChI=1S/C18H17BrClN3O4/c1-18(2,3)22(17(25)11-6-4-7-12(19)10-11)21-16(24)13-8-5-9-14(20)15(13)23(26)27/h4-10H,1-3H3,(H,21,24). The molecule has 0 aliphatic heterocycles. The van der Waals surface area contributed by atoms with Crippen LogP contribution in [0.2, 0.25) is 5.02 Å². The van der Waals surface area contributed by atoms with E-state index >= 15 is 0 Å². The van der Waals surface area contributed by atoms with Crippen LogP contribution in [0.4, 0.5) is 5.69 Å². The summed E-state index contributed by atoms with van der Waals surface area (Å²) < 4.78 is 0.707. The van der Waals surface area contributed by atoms with Crippen molar-refractivity contribution in [3.63, 3.8) is 0 Å². The Balaban J connectivity index is 2.41. The molecule has 0 fully saturated rings. The lowest BCUT2D eigenvalue weighted by Crippen LogP contribution is -2.56. The third-order valence-corrected chi connectivity index (χ3v) is 4.37. The Morgan fingerprint density at radius 1 is 1.19 bits per heavy atom. The lowest BCUT2D eigenvalue weighted by molar-refractivity contribution is -0.385. The third-order valence-electron chi connectivity index (χ3n) is 3.57. The minimum absolute atomic E-state index is 0.159. The number of para-hydroxylation sites is 1. The highest BCUT2D eigenvalue weighted by Crippen LogP contribution is 2.28. The van der Waals surface area contributed by atoms with Gasteiger partial charge < -0.3 is 0 Å². The van der Waals surface area contributed by atoms with Crippen molar-refractivity contribution in [3.05, 3.63) is 73.2 Å². The summed E-state index contributed by atoms with van der Waals surface area (Å²) in [5.41, 5.74) is 1.29. The number of hydrogen-bond acceptors (Lipinski definition) is 4. The monoisotopic (exact) mass is 453 g/mol. The lowest BCUT2D eigenvalue weighted by Gasteiger charge is -2.35. The van der Waals surface area contributed by atoms with E-state index in [0.29, 0.717) is 10.0 Å². The number of carbonyl (C=O) groups excluding carboxylic acids is 2. The van der Waals surface area contributed by atoms with Crippen LogP contribution in [-0.4, -0.2) is 27.3 Å². The quantitative estimate of drug-likeness (QED) is 0.542. The summed E-state index contributed by atoms with van der Waals surface area (Å²) in [4.78, 5) is 36.2. The Morgan fingerprint density at radius 2 is 1.81 bits per heavy atom. The summed E-state index contributed by atoms with van der Waals surface area (Å²) >= 11 is 9.17. The lowest BCUT2D eigenvalue weighted by atomic mass is 10.1. The van der Waals surface area contributed by atoms with E-state index < -0.39 is 28.0 Å². The molecule has 2 amide bonds. The number of nitro groups is 1. The third kappa shape index (κ3) is 4.84. The number of rotatable bonds is 3. The molecular weight excluding hydrogens is 438 g/mol. The predicted molar refractivity (Wildman–Crippen MR) is 106 cm³/mol. The fourth-order valence-corrected chi connectivity index (χ4v) is 2.96. The van der Waals surface area contributed by atoms with Gasteiger partial charge in [-0.05, 0) is 51.1 Å². The van der Waals surface area contributed by atoms with Gasteiger partial charge in [0.25, 0.3) is 11.8 Å². The number of carbonyl (C=O) groups is 2. The molecule has 0 aliphatic carbocycles. The molecule has 0 radical (unpaired) electrons.